The zero-order valence-corrected chi connectivity index (χ0v) is 7.51. The molecule has 0 atom stereocenters. The molecule has 66 valence electrons. The fourth-order valence-corrected chi connectivity index (χ4v) is 0.921. The van der Waals surface area contributed by atoms with Crippen molar-refractivity contribution in [2.24, 2.45) is 0 Å². The van der Waals surface area contributed by atoms with Crippen molar-refractivity contribution in [2.45, 2.75) is 26.8 Å². The largest absolute Gasteiger partial charge is 0.354 e. The quantitative estimate of drug-likeness (QED) is 0.688. The summed E-state index contributed by atoms with van der Waals surface area (Å²) in [7, 11) is 0. The smallest absolute Gasteiger partial charge is 0.252 e. The Morgan fingerprint density at radius 1 is 1.58 bits per heavy atom. The number of hydrogen-bond donors (Lipinski definition) is 2. The van der Waals surface area contributed by atoms with Gasteiger partial charge >= 0.3 is 0 Å². The average Bonchev–Trinajstić information content (AvgIpc) is 1.81. The molecule has 0 saturated heterocycles. The van der Waals surface area contributed by atoms with E-state index in [0.29, 0.717) is 5.95 Å². The summed E-state index contributed by atoms with van der Waals surface area (Å²) >= 11 is 0. The average molecular weight is 167 g/mol. The van der Waals surface area contributed by atoms with Gasteiger partial charge in [-0.15, -0.1) is 0 Å². The van der Waals surface area contributed by atoms with E-state index in [-0.39, 0.29) is 11.6 Å². The topological polar surface area (TPSA) is 57.8 Å². The van der Waals surface area contributed by atoms with Crippen molar-refractivity contribution in [1.29, 1.82) is 0 Å². The van der Waals surface area contributed by atoms with Crippen LogP contribution in [0, 0.1) is 6.92 Å². The summed E-state index contributed by atoms with van der Waals surface area (Å²) in [6, 6.07) is 1.74. The molecule has 0 fully saturated rings. The maximum absolute atomic E-state index is 11.0. The monoisotopic (exact) mass is 167 g/mol. The minimum atomic E-state index is -0.120. The van der Waals surface area contributed by atoms with Crippen molar-refractivity contribution in [1.82, 2.24) is 9.97 Å². The van der Waals surface area contributed by atoms with Gasteiger partial charge in [0.15, 0.2) is 0 Å². The highest BCUT2D eigenvalue weighted by Gasteiger charge is 1.98. The van der Waals surface area contributed by atoms with Gasteiger partial charge in [-0.05, 0) is 20.8 Å². The maximum atomic E-state index is 11.0. The van der Waals surface area contributed by atoms with Crippen LogP contribution < -0.4 is 10.9 Å². The number of nitrogens with zero attached hydrogens (tertiary/aromatic N) is 1. The third-order valence-electron chi connectivity index (χ3n) is 1.30. The second kappa shape index (κ2) is 3.38. The molecule has 0 aliphatic rings. The molecule has 12 heavy (non-hydrogen) atoms. The molecule has 0 aliphatic carbocycles. The highest BCUT2D eigenvalue weighted by Crippen LogP contribution is 1.97. The van der Waals surface area contributed by atoms with Crippen molar-refractivity contribution >= 4 is 5.95 Å². The molecule has 0 bridgehead atoms. The van der Waals surface area contributed by atoms with Gasteiger partial charge in [0.25, 0.3) is 5.56 Å². The van der Waals surface area contributed by atoms with Gasteiger partial charge in [-0.3, -0.25) is 9.78 Å². The van der Waals surface area contributed by atoms with Gasteiger partial charge in [0.05, 0.1) is 0 Å². The molecular formula is C8H13N3O. The molecule has 1 aromatic heterocycles. The Morgan fingerprint density at radius 2 is 2.25 bits per heavy atom. The van der Waals surface area contributed by atoms with Crippen LogP contribution in [0.3, 0.4) is 0 Å². The molecule has 1 rings (SSSR count). The number of aryl methyl sites for hydroxylation is 1. The third kappa shape index (κ3) is 2.38. The third-order valence-corrected chi connectivity index (χ3v) is 1.30. The molecule has 0 amide bonds. The summed E-state index contributed by atoms with van der Waals surface area (Å²) in [4.78, 5) is 17.7. The molecular weight excluding hydrogens is 154 g/mol. The van der Waals surface area contributed by atoms with Crippen LogP contribution in [0.15, 0.2) is 10.9 Å². The lowest BCUT2D eigenvalue weighted by Crippen LogP contribution is -2.17. The van der Waals surface area contributed by atoms with E-state index in [9.17, 15) is 4.79 Å². The minimum Gasteiger partial charge on any atom is -0.354 e. The number of rotatable bonds is 2. The molecule has 0 saturated carbocycles. The van der Waals surface area contributed by atoms with Crippen LogP contribution in [-0.2, 0) is 0 Å². The lowest BCUT2D eigenvalue weighted by molar-refractivity contribution is 0.866. The van der Waals surface area contributed by atoms with Crippen LogP contribution in [0.1, 0.15) is 19.5 Å². The first kappa shape index (κ1) is 8.77. The van der Waals surface area contributed by atoms with Crippen LogP contribution in [0.25, 0.3) is 0 Å². The first-order chi connectivity index (χ1) is 5.58. The van der Waals surface area contributed by atoms with E-state index in [0.717, 1.165) is 5.69 Å². The lowest BCUT2D eigenvalue weighted by atomic mass is 10.4. The summed E-state index contributed by atoms with van der Waals surface area (Å²) < 4.78 is 0. The zero-order valence-electron chi connectivity index (χ0n) is 7.51. The van der Waals surface area contributed by atoms with Crippen LogP contribution in [0.2, 0.25) is 0 Å². The minimum absolute atomic E-state index is 0.120. The maximum Gasteiger partial charge on any atom is 0.252 e. The molecule has 0 unspecified atom stereocenters. The van der Waals surface area contributed by atoms with E-state index in [1.54, 1.807) is 6.92 Å². The van der Waals surface area contributed by atoms with E-state index in [1.165, 1.54) is 6.07 Å². The standard InChI is InChI=1S/C8H13N3O/c1-5(2)9-8-10-6(3)4-7(12)11-8/h4-5H,1-3H3,(H2,9,10,11,12). The number of hydrogen-bond acceptors (Lipinski definition) is 3. The molecule has 4 nitrogen and oxygen atoms in total. The molecule has 0 spiro atoms. The van der Waals surface area contributed by atoms with Gasteiger partial charge in [-0.25, -0.2) is 4.98 Å². The molecule has 4 heteroatoms. The highest BCUT2D eigenvalue weighted by atomic mass is 16.1. The summed E-state index contributed by atoms with van der Waals surface area (Å²) in [5.41, 5.74) is 0.604. The summed E-state index contributed by atoms with van der Waals surface area (Å²) in [6.07, 6.45) is 0. The number of aromatic amines is 1. The van der Waals surface area contributed by atoms with Gasteiger partial charge in [0.1, 0.15) is 0 Å². The van der Waals surface area contributed by atoms with E-state index < -0.39 is 0 Å². The Balaban J connectivity index is 2.93. The Morgan fingerprint density at radius 3 is 2.75 bits per heavy atom. The van der Waals surface area contributed by atoms with Crippen LogP contribution in [-0.4, -0.2) is 16.0 Å². The van der Waals surface area contributed by atoms with Gasteiger partial charge in [0.2, 0.25) is 5.95 Å². The molecule has 0 aromatic carbocycles. The Labute approximate surface area is 71.0 Å². The van der Waals surface area contributed by atoms with Gasteiger partial charge in [-0.1, -0.05) is 0 Å². The first-order valence-electron chi connectivity index (χ1n) is 3.92. The normalized spacial score (nSPS) is 10.3. The van der Waals surface area contributed by atoms with E-state index in [4.69, 9.17) is 0 Å². The van der Waals surface area contributed by atoms with Crippen molar-refractivity contribution in [2.75, 3.05) is 5.32 Å². The molecule has 2 N–H and O–H groups in total. The second-order valence-corrected chi connectivity index (χ2v) is 3.03. The molecule has 1 aromatic rings. The predicted octanol–water partition coefficient (Wildman–Crippen LogP) is 0.899. The number of nitrogens with one attached hydrogen (secondary N) is 2. The van der Waals surface area contributed by atoms with Crippen molar-refractivity contribution in [3.63, 3.8) is 0 Å². The van der Waals surface area contributed by atoms with Gasteiger partial charge < -0.3 is 5.32 Å². The lowest BCUT2D eigenvalue weighted by Gasteiger charge is -2.07. The number of anilines is 1. The zero-order chi connectivity index (χ0) is 9.14. The van der Waals surface area contributed by atoms with Gasteiger partial charge in [-0.2, -0.15) is 0 Å². The van der Waals surface area contributed by atoms with E-state index >= 15 is 0 Å². The summed E-state index contributed by atoms with van der Waals surface area (Å²) in [5, 5.41) is 3.02. The van der Waals surface area contributed by atoms with Crippen LogP contribution in [0.4, 0.5) is 5.95 Å². The number of aromatic nitrogens is 2. The highest BCUT2D eigenvalue weighted by molar-refractivity contribution is 5.25. The predicted molar refractivity (Wildman–Crippen MR) is 48.4 cm³/mol. The Kier molecular flexibility index (Phi) is 2.47. The van der Waals surface area contributed by atoms with Crippen LogP contribution >= 0.6 is 0 Å². The van der Waals surface area contributed by atoms with E-state index in [2.05, 4.69) is 15.3 Å². The number of H-pyrrole nitrogens is 1. The van der Waals surface area contributed by atoms with Gasteiger partial charge in [0, 0.05) is 17.8 Å². The van der Waals surface area contributed by atoms with E-state index in [1.807, 2.05) is 13.8 Å². The SMILES string of the molecule is Cc1cc(=O)[nH]c(NC(C)C)n1. The fourth-order valence-electron chi connectivity index (χ4n) is 0.921. The van der Waals surface area contributed by atoms with Crippen molar-refractivity contribution in [3.05, 3.63) is 22.1 Å². The Hall–Kier alpha value is -1.32. The second-order valence-electron chi connectivity index (χ2n) is 3.03. The molecule has 0 radical (unpaired) electrons. The van der Waals surface area contributed by atoms with Crippen LogP contribution in [0.5, 0.6) is 0 Å². The Bertz CT molecular complexity index is 316. The summed E-state index contributed by atoms with van der Waals surface area (Å²) in [5.74, 6) is 0.537. The van der Waals surface area contributed by atoms with Crippen molar-refractivity contribution < 1.29 is 0 Å². The fraction of sp³-hybridized carbons (Fsp3) is 0.500. The summed E-state index contributed by atoms with van der Waals surface area (Å²) in [6.45, 7) is 5.77. The first-order valence-corrected chi connectivity index (χ1v) is 3.92. The molecule has 0 aliphatic heterocycles. The molecule has 1 heterocycles. The van der Waals surface area contributed by atoms with Crippen molar-refractivity contribution in [3.8, 4) is 0 Å².